The normalized spacial score (nSPS) is 12.8. The van der Waals surface area contributed by atoms with Crippen LogP contribution >= 0.6 is 11.6 Å². The Bertz CT molecular complexity index is 1080. The van der Waals surface area contributed by atoms with Crippen LogP contribution in [-0.4, -0.2) is 27.6 Å². The van der Waals surface area contributed by atoms with Crippen molar-refractivity contribution < 1.29 is 14.4 Å². The molecule has 0 fully saturated rings. The van der Waals surface area contributed by atoms with Crippen molar-refractivity contribution in [3.63, 3.8) is 0 Å². The highest BCUT2D eigenvalue weighted by Gasteiger charge is 2.34. The minimum Gasteiger partial charge on any atom is -0.348 e. The maximum atomic E-state index is 12.5. The van der Waals surface area contributed by atoms with Crippen LogP contribution in [0.2, 0.25) is 5.15 Å². The zero-order chi connectivity index (χ0) is 20.4. The molecule has 0 saturated carbocycles. The summed E-state index contributed by atoms with van der Waals surface area (Å²) in [5.74, 6) is -0.907. The van der Waals surface area contributed by atoms with Gasteiger partial charge in [0.05, 0.1) is 17.7 Å². The number of benzene rings is 2. The maximum absolute atomic E-state index is 12.5. The van der Waals surface area contributed by atoms with Crippen LogP contribution in [0, 0.1) is 0 Å². The van der Waals surface area contributed by atoms with Crippen LogP contribution in [0.15, 0.2) is 66.9 Å². The molecule has 0 spiro atoms. The Hall–Kier alpha value is -3.51. The molecule has 1 aromatic heterocycles. The van der Waals surface area contributed by atoms with Crippen molar-refractivity contribution in [2.45, 2.75) is 13.1 Å². The van der Waals surface area contributed by atoms with Gasteiger partial charge in [-0.3, -0.25) is 19.3 Å². The summed E-state index contributed by atoms with van der Waals surface area (Å²) in [4.78, 5) is 42.7. The lowest BCUT2D eigenvalue weighted by molar-refractivity contribution is 0.0642. The summed E-state index contributed by atoms with van der Waals surface area (Å²) < 4.78 is 0. The van der Waals surface area contributed by atoms with Gasteiger partial charge in [0, 0.05) is 18.3 Å². The van der Waals surface area contributed by atoms with E-state index < -0.39 is 0 Å². The molecule has 0 unspecified atom stereocenters. The van der Waals surface area contributed by atoms with Gasteiger partial charge in [0.2, 0.25) is 0 Å². The maximum Gasteiger partial charge on any atom is 0.261 e. The van der Waals surface area contributed by atoms with Crippen LogP contribution in [0.1, 0.15) is 42.2 Å². The Morgan fingerprint density at radius 2 is 1.66 bits per heavy atom. The van der Waals surface area contributed by atoms with Crippen LogP contribution in [0.5, 0.6) is 0 Å². The lowest BCUT2D eigenvalue weighted by Gasteiger charge is -2.14. The van der Waals surface area contributed by atoms with Crippen molar-refractivity contribution in [2.75, 3.05) is 0 Å². The summed E-state index contributed by atoms with van der Waals surface area (Å²) in [5, 5.41) is 3.21. The molecule has 3 aromatic rings. The first-order valence-electron chi connectivity index (χ1n) is 8.96. The van der Waals surface area contributed by atoms with E-state index in [0.717, 1.165) is 5.56 Å². The third kappa shape index (κ3) is 3.88. The second kappa shape index (κ2) is 7.85. The first-order valence-corrected chi connectivity index (χ1v) is 9.33. The van der Waals surface area contributed by atoms with Gasteiger partial charge in [-0.25, -0.2) is 4.98 Å². The largest absolute Gasteiger partial charge is 0.348 e. The Morgan fingerprint density at radius 3 is 2.31 bits per heavy atom. The van der Waals surface area contributed by atoms with Gasteiger partial charge in [0.1, 0.15) is 5.15 Å². The summed E-state index contributed by atoms with van der Waals surface area (Å²) in [6.07, 6.45) is 1.60. The first kappa shape index (κ1) is 18.8. The molecule has 2 heterocycles. The van der Waals surface area contributed by atoms with E-state index in [-0.39, 0.29) is 24.3 Å². The summed E-state index contributed by atoms with van der Waals surface area (Å²) in [7, 11) is 0. The molecular weight excluding hydrogens is 390 g/mol. The molecule has 0 bridgehead atoms. The number of rotatable bonds is 5. The average Bonchev–Trinajstić information content (AvgIpc) is 2.98. The first-order chi connectivity index (χ1) is 14.0. The van der Waals surface area contributed by atoms with Gasteiger partial charge in [0.15, 0.2) is 0 Å². The Labute approximate surface area is 172 Å². The van der Waals surface area contributed by atoms with Crippen LogP contribution < -0.4 is 5.32 Å². The molecule has 6 nitrogen and oxygen atoms in total. The molecule has 0 radical (unpaired) electrons. The number of aromatic nitrogens is 1. The van der Waals surface area contributed by atoms with Gasteiger partial charge in [-0.2, -0.15) is 0 Å². The van der Waals surface area contributed by atoms with E-state index in [1.165, 1.54) is 4.90 Å². The van der Waals surface area contributed by atoms with E-state index in [1.807, 2.05) is 0 Å². The van der Waals surface area contributed by atoms with Crippen LogP contribution in [0.25, 0.3) is 0 Å². The van der Waals surface area contributed by atoms with E-state index >= 15 is 0 Å². The SMILES string of the molecule is O=C(NCc1ccc(Cl)nc1)c1cccc(CN2C(=O)c3ccccc3C2=O)c1. The lowest BCUT2D eigenvalue weighted by atomic mass is 10.1. The minimum atomic E-state index is -0.323. The molecule has 144 valence electrons. The van der Waals surface area contributed by atoms with Crippen LogP contribution in [0.3, 0.4) is 0 Å². The Kier molecular flexibility index (Phi) is 5.10. The fourth-order valence-corrected chi connectivity index (χ4v) is 3.28. The van der Waals surface area contributed by atoms with Gasteiger partial charge >= 0.3 is 0 Å². The van der Waals surface area contributed by atoms with Gasteiger partial charge in [-0.15, -0.1) is 0 Å². The van der Waals surface area contributed by atoms with E-state index in [4.69, 9.17) is 11.6 Å². The van der Waals surface area contributed by atoms with Crippen molar-refractivity contribution in [3.05, 3.63) is 99.8 Å². The van der Waals surface area contributed by atoms with Crippen molar-refractivity contribution in [1.29, 1.82) is 0 Å². The molecule has 3 amide bonds. The number of carbonyl (C=O) groups excluding carboxylic acids is 3. The quantitative estimate of drug-likeness (QED) is 0.520. The summed E-state index contributed by atoms with van der Waals surface area (Å²) >= 11 is 5.76. The molecule has 7 heteroatoms. The third-order valence-corrected chi connectivity index (χ3v) is 4.87. The molecule has 1 N–H and O–H groups in total. The van der Waals surface area contributed by atoms with Crippen molar-refractivity contribution in [1.82, 2.24) is 15.2 Å². The molecule has 29 heavy (non-hydrogen) atoms. The number of carbonyl (C=O) groups is 3. The number of hydrogen-bond donors (Lipinski definition) is 1. The van der Waals surface area contributed by atoms with E-state index in [2.05, 4.69) is 10.3 Å². The van der Waals surface area contributed by atoms with E-state index in [9.17, 15) is 14.4 Å². The Morgan fingerprint density at radius 1 is 0.931 bits per heavy atom. The predicted molar refractivity (Wildman–Crippen MR) is 108 cm³/mol. The van der Waals surface area contributed by atoms with Gasteiger partial charge in [0.25, 0.3) is 17.7 Å². The van der Waals surface area contributed by atoms with Gasteiger partial charge in [-0.05, 0) is 41.5 Å². The fraction of sp³-hybridized carbons (Fsp3) is 0.0909. The molecule has 4 rings (SSSR count). The topological polar surface area (TPSA) is 79.4 Å². The summed E-state index contributed by atoms with van der Waals surface area (Å²) in [5.41, 5.74) is 2.78. The zero-order valence-corrected chi connectivity index (χ0v) is 16.0. The minimum absolute atomic E-state index is 0.106. The van der Waals surface area contributed by atoms with Crippen LogP contribution in [-0.2, 0) is 13.1 Å². The second-order valence-corrected chi connectivity index (χ2v) is 7.00. The smallest absolute Gasteiger partial charge is 0.261 e. The number of pyridine rings is 1. The van der Waals surface area contributed by atoms with E-state index in [0.29, 0.717) is 34.0 Å². The summed E-state index contributed by atoms with van der Waals surface area (Å²) in [6, 6.07) is 17.1. The highest BCUT2D eigenvalue weighted by atomic mass is 35.5. The standard InChI is InChI=1S/C22H16ClN3O3/c23-19-9-8-15(11-24-19)12-25-20(27)16-5-3-4-14(10-16)13-26-21(28)17-6-1-2-7-18(17)22(26)29/h1-11H,12-13H2,(H,25,27). The molecular formula is C22H16ClN3O3. The second-order valence-electron chi connectivity index (χ2n) is 6.61. The van der Waals surface area contributed by atoms with Gasteiger partial charge < -0.3 is 5.32 Å². The molecule has 1 aliphatic heterocycles. The number of imide groups is 1. The Balaban J connectivity index is 1.45. The highest BCUT2D eigenvalue weighted by molar-refractivity contribution is 6.29. The predicted octanol–water partition coefficient (Wildman–Crippen LogP) is 3.46. The number of amides is 3. The van der Waals surface area contributed by atoms with Crippen molar-refractivity contribution in [2.24, 2.45) is 0 Å². The zero-order valence-electron chi connectivity index (χ0n) is 15.3. The van der Waals surface area contributed by atoms with Crippen LogP contribution in [0.4, 0.5) is 0 Å². The molecule has 0 saturated heterocycles. The molecule has 1 aliphatic rings. The number of nitrogens with zero attached hydrogens (tertiary/aromatic N) is 2. The lowest BCUT2D eigenvalue weighted by Crippen LogP contribution is -2.29. The van der Waals surface area contributed by atoms with E-state index in [1.54, 1.807) is 66.9 Å². The van der Waals surface area contributed by atoms with Gasteiger partial charge in [-0.1, -0.05) is 41.9 Å². The molecule has 0 aliphatic carbocycles. The highest BCUT2D eigenvalue weighted by Crippen LogP contribution is 2.24. The van der Waals surface area contributed by atoms with Crippen molar-refractivity contribution in [3.8, 4) is 0 Å². The monoisotopic (exact) mass is 405 g/mol. The number of hydrogen-bond acceptors (Lipinski definition) is 4. The molecule has 0 atom stereocenters. The molecule has 2 aromatic carbocycles. The summed E-state index contributed by atoms with van der Waals surface area (Å²) in [6.45, 7) is 0.417. The van der Waals surface area contributed by atoms with Crippen molar-refractivity contribution >= 4 is 29.3 Å². The third-order valence-electron chi connectivity index (χ3n) is 4.65. The number of halogens is 1. The number of fused-ring (bicyclic) bond motifs is 1. The fourth-order valence-electron chi connectivity index (χ4n) is 3.17. The number of nitrogens with one attached hydrogen (secondary N) is 1. The average molecular weight is 406 g/mol.